The van der Waals surface area contributed by atoms with Crippen molar-refractivity contribution < 1.29 is 18.9 Å². The summed E-state index contributed by atoms with van der Waals surface area (Å²) in [5.41, 5.74) is 2.43. The molecular weight excluding hydrogens is 617 g/mol. The van der Waals surface area contributed by atoms with E-state index in [0.717, 1.165) is 91.1 Å². The van der Waals surface area contributed by atoms with Gasteiger partial charge >= 0.3 is 0 Å². The molecule has 0 atom stereocenters. The summed E-state index contributed by atoms with van der Waals surface area (Å²) in [6, 6.07) is 13.2. The summed E-state index contributed by atoms with van der Waals surface area (Å²) in [6.45, 7) is 16.3. The van der Waals surface area contributed by atoms with Crippen molar-refractivity contribution in [2.75, 3.05) is 26.4 Å². The maximum atomic E-state index is 6.95. The highest BCUT2D eigenvalue weighted by Gasteiger charge is 2.28. The summed E-state index contributed by atoms with van der Waals surface area (Å²) in [4.78, 5) is 0. The number of ether oxygens (including phenoxy) is 4. The molecule has 0 saturated heterocycles. The molecule has 0 bridgehead atoms. The van der Waals surface area contributed by atoms with Gasteiger partial charge in [-0.25, -0.2) is 0 Å². The predicted octanol–water partition coefficient (Wildman–Crippen LogP) is 13.3. The minimum absolute atomic E-state index is 0.697. The predicted molar refractivity (Wildman–Crippen MR) is 211 cm³/mol. The van der Waals surface area contributed by atoms with Gasteiger partial charge in [0.2, 0.25) is 0 Å². The first-order chi connectivity index (χ1) is 24.6. The van der Waals surface area contributed by atoms with E-state index in [1.54, 1.807) is 0 Å². The normalized spacial score (nSPS) is 11.8. The SMILES string of the molecule is CCCCCCOc1c2c(c(OCCCCCC)c3c(C)cccc13)=c1c(OCCCCCC)c3c(C)cccc3c(OCCCCCC)c1=2. The largest absolute Gasteiger partial charge is 0.492 e. The third-order valence-electron chi connectivity index (χ3n) is 10.4. The molecule has 50 heavy (non-hydrogen) atoms. The van der Waals surface area contributed by atoms with Crippen molar-refractivity contribution in [1.29, 1.82) is 0 Å². The van der Waals surface area contributed by atoms with E-state index in [9.17, 15) is 0 Å². The van der Waals surface area contributed by atoms with Crippen molar-refractivity contribution in [3.8, 4) is 23.0 Å². The fourth-order valence-electron chi connectivity index (χ4n) is 7.58. The van der Waals surface area contributed by atoms with Crippen LogP contribution in [0.15, 0.2) is 36.4 Å². The molecule has 0 saturated carbocycles. The van der Waals surface area contributed by atoms with Crippen LogP contribution >= 0.6 is 0 Å². The van der Waals surface area contributed by atoms with Crippen molar-refractivity contribution in [3.05, 3.63) is 68.4 Å². The molecule has 0 heterocycles. The summed E-state index contributed by atoms with van der Waals surface area (Å²) < 4.78 is 27.7. The number of rotatable bonds is 24. The fourth-order valence-corrected chi connectivity index (χ4v) is 7.58. The first-order valence-electron chi connectivity index (χ1n) is 20.3. The number of benzene rings is 4. The second kappa shape index (κ2) is 19.3. The minimum Gasteiger partial charge on any atom is -0.492 e. The lowest BCUT2D eigenvalue weighted by atomic mass is 9.89. The van der Waals surface area contributed by atoms with E-state index in [1.807, 2.05) is 0 Å². The molecule has 0 aromatic heterocycles. The van der Waals surface area contributed by atoms with E-state index in [1.165, 1.54) is 88.2 Å². The molecule has 0 spiro atoms. The van der Waals surface area contributed by atoms with E-state index in [0.29, 0.717) is 26.4 Å². The lowest BCUT2D eigenvalue weighted by molar-refractivity contribution is 0.290. The van der Waals surface area contributed by atoms with Crippen LogP contribution in [0.2, 0.25) is 0 Å². The number of hydrogen-bond donors (Lipinski definition) is 0. The summed E-state index contributed by atoms with van der Waals surface area (Å²) in [7, 11) is 0. The van der Waals surface area contributed by atoms with Crippen LogP contribution in [0.25, 0.3) is 21.5 Å². The lowest BCUT2D eigenvalue weighted by Gasteiger charge is -2.25. The van der Waals surface area contributed by atoms with Gasteiger partial charge in [0.05, 0.1) is 26.4 Å². The molecule has 0 N–H and O–H groups in total. The van der Waals surface area contributed by atoms with Crippen LogP contribution in [-0.4, -0.2) is 26.4 Å². The molecule has 0 amide bonds. The molecule has 0 aliphatic heterocycles. The first kappa shape index (κ1) is 37.8. The van der Waals surface area contributed by atoms with Gasteiger partial charge in [-0.05, 0) is 50.7 Å². The summed E-state index contributed by atoms with van der Waals surface area (Å²) in [5.74, 6) is 3.90. The fraction of sp³-hybridized carbons (Fsp3) is 0.565. The Morgan fingerprint density at radius 2 is 0.660 bits per heavy atom. The molecule has 4 heteroatoms. The van der Waals surface area contributed by atoms with E-state index < -0.39 is 0 Å². The van der Waals surface area contributed by atoms with Gasteiger partial charge in [0.25, 0.3) is 0 Å². The zero-order valence-electron chi connectivity index (χ0n) is 32.2. The Hall–Kier alpha value is -3.40. The van der Waals surface area contributed by atoms with E-state index in [-0.39, 0.29) is 0 Å². The first-order valence-corrected chi connectivity index (χ1v) is 20.3. The smallest absolute Gasteiger partial charge is 0.136 e. The maximum Gasteiger partial charge on any atom is 0.136 e. The second-order valence-electron chi connectivity index (χ2n) is 14.4. The Kier molecular flexibility index (Phi) is 14.6. The number of unbranched alkanes of at least 4 members (excludes halogenated alkanes) is 12. The standard InChI is InChI=1S/C46H64O4/c1-7-11-15-19-29-47-43-35-27-23-25-33(5)37(35)45(49-31-21-17-13-9-3)41-39(43)40-42(41)46(50-32-22-18-14-10-4)38-34(6)26-24-28-36(38)44(40)48-30-20-16-12-8-2/h23-28H,7-22,29-32H2,1-6H3. The summed E-state index contributed by atoms with van der Waals surface area (Å²) >= 11 is 0. The third-order valence-corrected chi connectivity index (χ3v) is 10.4. The molecule has 5 rings (SSSR count). The topological polar surface area (TPSA) is 36.9 Å². The van der Waals surface area contributed by atoms with Crippen LogP contribution in [0.5, 0.6) is 23.0 Å². The summed E-state index contributed by atoms with van der Waals surface area (Å²) in [6.07, 6.45) is 18.7. The average Bonchev–Trinajstić information content (AvgIpc) is 3.11. The molecule has 272 valence electrons. The molecule has 1 aliphatic carbocycles. The number of fused-ring (bicyclic) bond motifs is 4. The van der Waals surface area contributed by atoms with Gasteiger partial charge in [0.1, 0.15) is 23.0 Å². The molecule has 0 unspecified atom stereocenters. The van der Waals surface area contributed by atoms with E-state index >= 15 is 0 Å². The Morgan fingerprint density at radius 3 is 0.980 bits per heavy atom. The molecule has 4 aromatic rings. The van der Waals surface area contributed by atoms with E-state index in [4.69, 9.17) is 18.9 Å². The van der Waals surface area contributed by atoms with Crippen LogP contribution in [0, 0.1) is 34.7 Å². The van der Waals surface area contributed by atoms with Crippen LogP contribution in [0.1, 0.15) is 142 Å². The maximum absolute atomic E-state index is 6.95. The lowest BCUT2D eigenvalue weighted by Crippen LogP contribution is -2.11. The van der Waals surface area contributed by atoms with Gasteiger partial charge in [-0.2, -0.15) is 0 Å². The van der Waals surface area contributed by atoms with Gasteiger partial charge in [0, 0.05) is 42.4 Å². The average molecular weight is 681 g/mol. The Bertz CT molecular complexity index is 1760. The van der Waals surface area contributed by atoms with Crippen molar-refractivity contribution >= 4 is 21.5 Å². The third kappa shape index (κ3) is 8.38. The Labute approximate surface area is 301 Å². The van der Waals surface area contributed by atoms with Gasteiger partial charge < -0.3 is 18.9 Å². The number of hydrogen-bond acceptors (Lipinski definition) is 4. The van der Waals surface area contributed by atoms with Crippen LogP contribution in [-0.2, 0) is 0 Å². The number of aryl methyl sites for hydroxylation is 2. The van der Waals surface area contributed by atoms with Gasteiger partial charge in [-0.15, -0.1) is 0 Å². The highest BCUT2D eigenvalue weighted by atomic mass is 16.5. The monoisotopic (exact) mass is 680 g/mol. The zero-order valence-corrected chi connectivity index (χ0v) is 32.2. The molecule has 1 aliphatic rings. The van der Waals surface area contributed by atoms with Gasteiger partial charge in [-0.1, -0.05) is 141 Å². The van der Waals surface area contributed by atoms with Crippen molar-refractivity contribution in [1.82, 2.24) is 0 Å². The van der Waals surface area contributed by atoms with E-state index in [2.05, 4.69) is 77.9 Å². The van der Waals surface area contributed by atoms with Crippen molar-refractivity contribution in [2.45, 2.75) is 144 Å². The zero-order chi connectivity index (χ0) is 35.3. The molecule has 0 fully saturated rings. The molecule has 4 nitrogen and oxygen atoms in total. The van der Waals surface area contributed by atoms with Gasteiger partial charge in [-0.3, -0.25) is 0 Å². The Balaban J connectivity index is 1.82. The molecular formula is C46H64O4. The second-order valence-corrected chi connectivity index (χ2v) is 14.4. The van der Waals surface area contributed by atoms with Crippen molar-refractivity contribution in [2.24, 2.45) is 0 Å². The quantitative estimate of drug-likeness (QED) is 0.0608. The van der Waals surface area contributed by atoms with Crippen LogP contribution in [0.4, 0.5) is 0 Å². The van der Waals surface area contributed by atoms with Gasteiger partial charge in [0.15, 0.2) is 0 Å². The Morgan fingerprint density at radius 1 is 0.360 bits per heavy atom. The molecule has 0 radical (unpaired) electrons. The van der Waals surface area contributed by atoms with Crippen LogP contribution < -0.4 is 18.9 Å². The summed E-state index contributed by atoms with van der Waals surface area (Å²) in [5, 5.41) is 9.16. The highest BCUT2D eigenvalue weighted by molar-refractivity contribution is 6.00. The molecule has 4 aromatic carbocycles. The van der Waals surface area contributed by atoms with Crippen LogP contribution in [0.3, 0.4) is 0 Å². The van der Waals surface area contributed by atoms with Crippen molar-refractivity contribution in [3.63, 3.8) is 0 Å². The minimum atomic E-state index is 0.697. The highest BCUT2D eigenvalue weighted by Crippen LogP contribution is 2.48.